The van der Waals surface area contributed by atoms with E-state index in [-0.39, 0.29) is 5.97 Å². The van der Waals surface area contributed by atoms with Gasteiger partial charge in [0.25, 0.3) is 0 Å². The fourth-order valence-electron chi connectivity index (χ4n) is 3.95. The fraction of sp³-hybridized carbons (Fsp3) is 0.522. The van der Waals surface area contributed by atoms with E-state index in [0.717, 1.165) is 36.7 Å². The highest BCUT2D eigenvalue weighted by molar-refractivity contribution is 5.77. The molecular formula is C23H31NO5. The zero-order chi connectivity index (χ0) is 20.5. The predicted octanol–water partition coefficient (Wildman–Crippen LogP) is 4.04. The maximum absolute atomic E-state index is 12.9. The van der Waals surface area contributed by atoms with Gasteiger partial charge in [0, 0.05) is 13.7 Å². The lowest BCUT2D eigenvalue weighted by Crippen LogP contribution is -2.49. The number of hydrogen-bond donors (Lipinski definition) is 0. The third kappa shape index (κ3) is 5.84. The quantitative estimate of drug-likeness (QED) is 0.560. The number of carbonyl (C=O) groups is 1. The molecule has 0 saturated carbocycles. The number of carbonyl (C=O) groups excluding carboxylic acids is 1. The number of ether oxygens (including phenoxy) is 3. The highest BCUT2D eigenvalue weighted by Gasteiger charge is 2.43. The number of nitrogens with zero attached hydrogens (tertiary/aromatic N) is 1. The minimum atomic E-state index is -0.551. The van der Waals surface area contributed by atoms with Gasteiger partial charge in [-0.15, -0.1) is 0 Å². The number of para-hydroxylation sites is 1. The molecule has 0 aliphatic carbocycles. The summed E-state index contributed by atoms with van der Waals surface area (Å²) < 4.78 is 22.3. The second kappa shape index (κ2) is 10.5. The highest BCUT2D eigenvalue weighted by Crippen LogP contribution is 2.36. The van der Waals surface area contributed by atoms with Crippen LogP contribution in [0.2, 0.25) is 0 Å². The second-order valence-electron chi connectivity index (χ2n) is 7.53. The van der Waals surface area contributed by atoms with E-state index in [0.29, 0.717) is 39.3 Å². The molecule has 1 atom stereocenters. The molecule has 0 spiro atoms. The van der Waals surface area contributed by atoms with Gasteiger partial charge in [-0.1, -0.05) is 18.2 Å². The van der Waals surface area contributed by atoms with Crippen LogP contribution >= 0.6 is 0 Å². The Kier molecular flexibility index (Phi) is 7.72. The molecule has 0 unspecified atom stereocenters. The van der Waals surface area contributed by atoms with Gasteiger partial charge in [-0.3, -0.25) is 9.69 Å². The van der Waals surface area contributed by atoms with Crippen molar-refractivity contribution in [3.63, 3.8) is 0 Å². The third-order valence-corrected chi connectivity index (χ3v) is 5.34. The standard InChI is InChI=1S/C23H31NO5/c1-3-27-22(25)23(13-15-28-19-8-5-4-6-9-19)12-7-14-24(18-23)16-20-10-11-21(29-20)17-26-2/h4-6,8-11H,3,7,12-18H2,1-2H3/t23-/m1/s1. The van der Waals surface area contributed by atoms with Crippen LogP contribution in [0, 0.1) is 5.41 Å². The topological polar surface area (TPSA) is 61.1 Å². The molecule has 1 aliphatic heterocycles. The normalized spacial score (nSPS) is 19.8. The van der Waals surface area contributed by atoms with Crippen LogP contribution in [0.4, 0.5) is 0 Å². The number of likely N-dealkylation sites (tertiary alicyclic amines) is 1. The summed E-state index contributed by atoms with van der Waals surface area (Å²) in [7, 11) is 1.65. The van der Waals surface area contributed by atoms with Crippen LogP contribution < -0.4 is 4.74 Å². The molecule has 6 heteroatoms. The van der Waals surface area contributed by atoms with E-state index >= 15 is 0 Å². The van der Waals surface area contributed by atoms with Crippen molar-refractivity contribution in [3.05, 3.63) is 54.0 Å². The Morgan fingerprint density at radius 2 is 1.97 bits per heavy atom. The zero-order valence-electron chi connectivity index (χ0n) is 17.4. The molecule has 0 bridgehead atoms. The second-order valence-corrected chi connectivity index (χ2v) is 7.53. The van der Waals surface area contributed by atoms with Crippen molar-refractivity contribution in [2.24, 2.45) is 5.41 Å². The van der Waals surface area contributed by atoms with Crippen molar-refractivity contribution >= 4 is 5.97 Å². The Bertz CT molecular complexity index is 760. The first-order valence-electron chi connectivity index (χ1n) is 10.3. The summed E-state index contributed by atoms with van der Waals surface area (Å²) in [6, 6.07) is 13.6. The zero-order valence-corrected chi connectivity index (χ0v) is 17.4. The van der Waals surface area contributed by atoms with Gasteiger partial charge in [0.05, 0.1) is 25.2 Å². The smallest absolute Gasteiger partial charge is 0.313 e. The molecule has 2 heterocycles. The predicted molar refractivity (Wildman–Crippen MR) is 110 cm³/mol. The summed E-state index contributed by atoms with van der Waals surface area (Å²) in [4.78, 5) is 15.2. The molecule has 1 aromatic carbocycles. The van der Waals surface area contributed by atoms with Crippen LogP contribution in [-0.4, -0.2) is 44.3 Å². The van der Waals surface area contributed by atoms with Gasteiger partial charge in [0.1, 0.15) is 23.9 Å². The largest absolute Gasteiger partial charge is 0.494 e. The van der Waals surface area contributed by atoms with Gasteiger partial charge in [-0.2, -0.15) is 0 Å². The molecular weight excluding hydrogens is 370 g/mol. The maximum atomic E-state index is 12.9. The van der Waals surface area contributed by atoms with Crippen molar-refractivity contribution in [1.82, 2.24) is 4.90 Å². The molecule has 0 N–H and O–H groups in total. The summed E-state index contributed by atoms with van der Waals surface area (Å²) in [5.74, 6) is 2.39. The van der Waals surface area contributed by atoms with Gasteiger partial charge >= 0.3 is 5.97 Å². The van der Waals surface area contributed by atoms with Crippen LogP contribution in [0.1, 0.15) is 37.7 Å². The monoisotopic (exact) mass is 401 g/mol. The Hall–Kier alpha value is -2.31. The molecule has 1 saturated heterocycles. The number of methoxy groups -OCH3 is 1. The van der Waals surface area contributed by atoms with Crippen LogP contribution in [0.25, 0.3) is 0 Å². The first-order chi connectivity index (χ1) is 14.1. The highest BCUT2D eigenvalue weighted by atomic mass is 16.5. The first kappa shape index (κ1) is 21.4. The molecule has 29 heavy (non-hydrogen) atoms. The lowest BCUT2D eigenvalue weighted by molar-refractivity contribution is -0.160. The molecule has 3 rings (SSSR count). The Balaban J connectivity index is 1.64. The third-order valence-electron chi connectivity index (χ3n) is 5.34. The molecule has 1 aliphatic rings. The van der Waals surface area contributed by atoms with Gasteiger partial charge < -0.3 is 18.6 Å². The average Bonchev–Trinajstić information content (AvgIpc) is 3.16. The molecule has 1 aromatic heterocycles. The van der Waals surface area contributed by atoms with Crippen molar-refractivity contribution in [3.8, 4) is 5.75 Å². The van der Waals surface area contributed by atoms with Crippen LogP contribution in [0.5, 0.6) is 5.75 Å². The molecule has 158 valence electrons. The lowest BCUT2D eigenvalue weighted by Gasteiger charge is -2.40. The summed E-state index contributed by atoms with van der Waals surface area (Å²) in [6.45, 7) is 5.43. The van der Waals surface area contributed by atoms with Crippen molar-refractivity contribution in [2.75, 3.05) is 33.4 Å². The first-order valence-corrected chi connectivity index (χ1v) is 10.3. The summed E-state index contributed by atoms with van der Waals surface area (Å²) in [6.07, 6.45) is 2.38. The number of furan rings is 1. The summed E-state index contributed by atoms with van der Waals surface area (Å²) >= 11 is 0. The van der Waals surface area contributed by atoms with E-state index in [1.165, 1.54) is 0 Å². The number of benzene rings is 1. The van der Waals surface area contributed by atoms with Crippen LogP contribution in [0.3, 0.4) is 0 Å². The Morgan fingerprint density at radius 1 is 1.17 bits per heavy atom. The van der Waals surface area contributed by atoms with Crippen molar-refractivity contribution < 1.29 is 23.4 Å². The lowest BCUT2D eigenvalue weighted by atomic mass is 9.77. The molecule has 1 fully saturated rings. The number of piperidine rings is 1. The molecule has 0 radical (unpaired) electrons. The Morgan fingerprint density at radius 3 is 2.72 bits per heavy atom. The fourth-order valence-corrected chi connectivity index (χ4v) is 3.95. The minimum absolute atomic E-state index is 0.124. The van der Waals surface area contributed by atoms with Gasteiger partial charge in [-0.25, -0.2) is 0 Å². The SMILES string of the molecule is CCOC(=O)[C@@]1(CCOc2ccccc2)CCCN(Cc2ccc(COC)o2)C1. The van der Waals surface area contributed by atoms with Gasteiger partial charge in [0.15, 0.2) is 0 Å². The minimum Gasteiger partial charge on any atom is -0.494 e. The molecule has 6 nitrogen and oxygen atoms in total. The van der Waals surface area contributed by atoms with E-state index in [1.807, 2.05) is 49.4 Å². The van der Waals surface area contributed by atoms with Crippen LogP contribution in [-0.2, 0) is 27.4 Å². The van der Waals surface area contributed by atoms with E-state index in [1.54, 1.807) is 7.11 Å². The molecule has 0 amide bonds. The van der Waals surface area contributed by atoms with Crippen LogP contribution in [0.15, 0.2) is 46.9 Å². The number of esters is 1. The number of rotatable bonds is 10. The van der Waals surface area contributed by atoms with E-state index in [4.69, 9.17) is 18.6 Å². The Labute approximate surface area is 172 Å². The van der Waals surface area contributed by atoms with Gasteiger partial charge in [-0.05, 0) is 57.0 Å². The maximum Gasteiger partial charge on any atom is 0.313 e. The molecule has 2 aromatic rings. The number of hydrogen-bond acceptors (Lipinski definition) is 6. The summed E-state index contributed by atoms with van der Waals surface area (Å²) in [5.41, 5.74) is -0.551. The summed E-state index contributed by atoms with van der Waals surface area (Å²) in [5, 5.41) is 0. The van der Waals surface area contributed by atoms with Crippen molar-refractivity contribution in [1.29, 1.82) is 0 Å². The van der Waals surface area contributed by atoms with Gasteiger partial charge in [0.2, 0.25) is 0 Å². The van der Waals surface area contributed by atoms with E-state index in [2.05, 4.69) is 4.90 Å². The van der Waals surface area contributed by atoms with E-state index in [9.17, 15) is 4.79 Å². The van der Waals surface area contributed by atoms with E-state index < -0.39 is 5.41 Å². The average molecular weight is 402 g/mol. The van der Waals surface area contributed by atoms with Crippen molar-refractivity contribution in [2.45, 2.75) is 39.3 Å².